The molecule has 7 unspecified atom stereocenters. The summed E-state index contributed by atoms with van der Waals surface area (Å²) in [5.41, 5.74) is 35.1. The molecule has 3 fully saturated rings. The third kappa shape index (κ3) is 12.7. The minimum Gasteiger partial charge on any atom is -0.349 e. The number of amides is 3. The van der Waals surface area contributed by atoms with Crippen LogP contribution in [0.5, 0.6) is 0 Å². The van der Waals surface area contributed by atoms with Gasteiger partial charge in [0.15, 0.2) is 0 Å². The SMILES string of the molecule is CN1CC(=O)NC(c2cccc3c2C[C@H](CN(C)[C@H]2CCC(c4cc5c(c(C6CC(N)CC(=O)N6)c4)C[C@@H](CN(C)[C@H]4CCC(c6cc7c(c(C8CC(N)CC(=O)N8)c6)C[C@H](CN(C)[C@H]6CCCc8cccnc86)NC7)c6cccnc64)NC5)c4cccnc42)NC3)C1. The number of carbonyl (C=O) groups excluding carboxylic acids is 3. The molecule has 3 aromatic heterocycles. The molecule has 6 aromatic rings. The lowest BCUT2D eigenvalue weighted by Crippen LogP contribution is -2.49. The highest BCUT2D eigenvalue weighted by Crippen LogP contribution is 2.48. The minimum absolute atomic E-state index is 0.0128. The van der Waals surface area contributed by atoms with Crippen LogP contribution in [0, 0.1) is 0 Å². The third-order valence-electron chi connectivity index (χ3n) is 22.9. The molecule has 0 saturated carbocycles. The lowest BCUT2D eigenvalue weighted by molar-refractivity contribution is -0.125. The number of benzene rings is 3. The maximum Gasteiger partial charge on any atom is 0.234 e. The van der Waals surface area contributed by atoms with E-state index in [1.165, 1.54) is 90.0 Å². The van der Waals surface area contributed by atoms with Crippen molar-refractivity contribution in [1.29, 1.82) is 0 Å². The average molecular weight is 1250 g/mol. The first-order chi connectivity index (χ1) is 45.2. The van der Waals surface area contributed by atoms with Crippen LogP contribution in [0.25, 0.3) is 0 Å². The van der Waals surface area contributed by atoms with Crippen LogP contribution in [-0.4, -0.2) is 143 Å². The van der Waals surface area contributed by atoms with Gasteiger partial charge in [-0.15, -0.1) is 0 Å². The first-order valence-electron chi connectivity index (χ1n) is 34.9. The summed E-state index contributed by atoms with van der Waals surface area (Å²) in [5, 5.41) is 22.0. The largest absolute Gasteiger partial charge is 0.349 e. The Labute approximate surface area is 548 Å². The molecule has 10 N–H and O–H groups in total. The van der Waals surface area contributed by atoms with Gasteiger partial charge in [-0.2, -0.15) is 0 Å². The number of likely N-dealkylation sites (N-methyl/N-ethyl adjacent to an activating group) is 4. The summed E-state index contributed by atoms with van der Waals surface area (Å²) in [6.45, 7) is 6.15. The summed E-state index contributed by atoms with van der Waals surface area (Å²) in [7, 11) is 8.83. The van der Waals surface area contributed by atoms with Crippen molar-refractivity contribution < 1.29 is 14.4 Å². The van der Waals surface area contributed by atoms with Crippen LogP contribution in [0.15, 0.2) is 97.5 Å². The summed E-state index contributed by atoms with van der Waals surface area (Å²) >= 11 is 0. The smallest absolute Gasteiger partial charge is 0.234 e. The Hall–Kier alpha value is -6.84. The Balaban J connectivity index is 0.654. The number of piperidine rings is 2. The van der Waals surface area contributed by atoms with Gasteiger partial charge >= 0.3 is 0 Å². The van der Waals surface area contributed by atoms with E-state index in [0.717, 1.165) is 121 Å². The highest BCUT2D eigenvalue weighted by atomic mass is 16.2. The number of carbonyl (C=O) groups is 3. The van der Waals surface area contributed by atoms with Crippen LogP contribution in [-0.2, 0) is 59.7 Å². The molecular weight excluding hydrogens is 1160 g/mol. The van der Waals surface area contributed by atoms with E-state index in [0.29, 0.717) is 31.8 Å². The van der Waals surface area contributed by atoms with Gasteiger partial charge in [0.25, 0.3) is 0 Å². The Morgan fingerprint density at radius 2 is 0.935 bits per heavy atom. The summed E-state index contributed by atoms with van der Waals surface area (Å²) in [4.78, 5) is 64.3. The third-order valence-corrected chi connectivity index (χ3v) is 22.9. The van der Waals surface area contributed by atoms with Gasteiger partial charge in [0.2, 0.25) is 17.7 Å². The number of aromatic nitrogens is 3. The number of hydrogen-bond donors (Lipinski definition) is 8. The molecule has 93 heavy (non-hydrogen) atoms. The molecule has 13 atom stereocenters. The zero-order valence-corrected chi connectivity index (χ0v) is 54.8. The Kier molecular flexibility index (Phi) is 17.7. The fourth-order valence-corrected chi connectivity index (χ4v) is 18.5. The molecule has 9 aliphatic rings. The Morgan fingerprint density at radius 3 is 1.45 bits per heavy atom. The maximum absolute atomic E-state index is 13.4. The van der Waals surface area contributed by atoms with Crippen molar-refractivity contribution >= 4 is 17.7 Å². The number of pyridine rings is 3. The van der Waals surface area contributed by atoms with Gasteiger partial charge in [0.1, 0.15) is 0 Å². The highest BCUT2D eigenvalue weighted by Gasteiger charge is 2.40. The van der Waals surface area contributed by atoms with E-state index in [4.69, 9.17) is 26.4 Å². The summed E-state index contributed by atoms with van der Waals surface area (Å²) < 4.78 is 0. The first-order valence-corrected chi connectivity index (χ1v) is 34.9. The van der Waals surface area contributed by atoms with Crippen LogP contribution < -0.4 is 43.4 Å². The second kappa shape index (κ2) is 26.4. The molecule has 9 heterocycles. The van der Waals surface area contributed by atoms with Crippen molar-refractivity contribution in [2.75, 3.05) is 60.9 Å². The number of aryl methyl sites for hydroxylation is 1. The Bertz CT molecular complexity index is 3800. The van der Waals surface area contributed by atoms with Crippen LogP contribution in [0.4, 0.5) is 0 Å². The van der Waals surface area contributed by atoms with Crippen molar-refractivity contribution in [1.82, 2.24) is 66.5 Å². The van der Waals surface area contributed by atoms with Crippen molar-refractivity contribution in [3.63, 3.8) is 0 Å². The number of nitrogens with one attached hydrogen (secondary N) is 6. The number of rotatable bonds is 14. The fourth-order valence-electron chi connectivity index (χ4n) is 18.5. The molecule has 18 nitrogen and oxygen atoms in total. The molecule has 0 bridgehead atoms. The van der Waals surface area contributed by atoms with Crippen LogP contribution in [0.2, 0.25) is 0 Å². The second-order valence-electron chi connectivity index (χ2n) is 29.3. The molecular formula is C75H95N15O3. The summed E-state index contributed by atoms with van der Waals surface area (Å²) in [5.74, 6) is 0.430. The molecule has 3 amide bonds. The predicted octanol–water partition coefficient (Wildman–Crippen LogP) is 6.78. The molecule has 0 spiro atoms. The van der Waals surface area contributed by atoms with Gasteiger partial charge in [0, 0.05) is 119 Å². The van der Waals surface area contributed by atoms with Crippen molar-refractivity contribution in [3.8, 4) is 0 Å². The molecule has 0 radical (unpaired) electrons. The van der Waals surface area contributed by atoms with E-state index >= 15 is 0 Å². The van der Waals surface area contributed by atoms with Gasteiger partial charge in [0.05, 0.1) is 59.9 Å². The van der Waals surface area contributed by atoms with Crippen molar-refractivity contribution in [2.24, 2.45) is 11.5 Å². The van der Waals surface area contributed by atoms with Crippen LogP contribution in [0.1, 0.15) is 207 Å². The molecule has 6 aliphatic heterocycles. The van der Waals surface area contributed by atoms with E-state index in [1.54, 1.807) is 0 Å². The van der Waals surface area contributed by atoms with Gasteiger partial charge < -0.3 is 43.4 Å². The zero-order valence-electron chi connectivity index (χ0n) is 54.8. The van der Waals surface area contributed by atoms with E-state index in [-0.39, 0.29) is 90.0 Å². The molecule has 3 aliphatic carbocycles. The summed E-state index contributed by atoms with van der Waals surface area (Å²) in [6, 6.07) is 30.0. The number of hydrogen-bond acceptors (Lipinski definition) is 15. The number of piperazine rings is 1. The number of fused-ring (bicyclic) bond motifs is 6. The molecule has 18 heteroatoms. The lowest BCUT2D eigenvalue weighted by Gasteiger charge is -2.41. The van der Waals surface area contributed by atoms with Crippen molar-refractivity contribution in [3.05, 3.63) is 192 Å². The quantitative estimate of drug-likeness (QED) is 0.0563. The Morgan fingerprint density at radius 1 is 0.484 bits per heavy atom. The molecule has 15 rings (SSSR count). The minimum atomic E-state index is -0.206. The van der Waals surface area contributed by atoms with E-state index in [2.05, 4.69) is 152 Å². The summed E-state index contributed by atoms with van der Waals surface area (Å²) in [6.07, 6.45) is 17.9. The monoisotopic (exact) mass is 1250 g/mol. The van der Waals surface area contributed by atoms with Gasteiger partial charge in [-0.05, 0) is 201 Å². The van der Waals surface area contributed by atoms with Crippen LogP contribution in [0.3, 0.4) is 0 Å². The highest BCUT2D eigenvalue weighted by molar-refractivity contribution is 5.80. The fraction of sp³-hybridized carbons (Fsp3) is 0.520. The topological polar surface area (TPSA) is 227 Å². The first kappa shape index (κ1) is 62.3. The lowest BCUT2D eigenvalue weighted by atomic mass is 9.75. The molecule has 3 aromatic carbocycles. The maximum atomic E-state index is 13.4. The number of nitrogens with zero attached hydrogens (tertiary/aromatic N) is 7. The van der Waals surface area contributed by atoms with Gasteiger partial charge in [-0.3, -0.25) is 48.9 Å². The second-order valence-corrected chi connectivity index (χ2v) is 29.3. The standard InChI is InChI=1S/C75H95N15O3/c1-87-41-66(86-72(93)42-87)56-13-5-11-44-35-81-51(32-59(44)56)39-89(3)68-19-17-54(57-14-8-22-79-74(57)68)46-25-48-37-83-53(34-61(48)63(27-46)65-29-50(77)31-71(92)85-65)40-90(4)69-20-18-55(58-15-9-23-80-75(58)69)45-24-47-36-82-52(33-60(47)62(26-45)64-28-49(76)30-70(91)84-64)38-88(2)67-16-6-10-43-12-7-21-78-73(43)67/h5,7-9,11-15,21-27,49-55,64-69,81-83H,6,10,16-20,28-42,76-77H2,1-4H3,(H,84,91)(H,85,92)(H,86,93)/t49?,50?,51-,52-,53+,54?,55?,64?,65?,66?,67+,68+,69+/m1/s1. The van der Waals surface area contributed by atoms with Gasteiger partial charge in [-0.25, -0.2) is 0 Å². The van der Waals surface area contributed by atoms with Gasteiger partial charge in [-0.1, -0.05) is 60.7 Å². The predicted molar refractivity (Wildman–Crippen MR) is 361 cm³/mol. The molecule has 488 valence electrons. The normalized spacial score (nSPS) is 29.5. The van der Waals surface area contributed by atoms with E-state index < -0.39 is 0 Å². The average Bonchev–Trinajstić information content (AvgIpc) is 0.793. The van der Waals surface area contributed by atoms with E-state index in [1.807, 2.05) is 25.6 Å². The number of nitrogens with two attached hydrogens (primary N) is 2. The van der Waals surface area contributed by atoms with Crippen LogP contribution >= 0.6 is 0 Å². The van der Waals surface area contributed by atoms with E-state index in [9.17, 15) is 14.4 Å². The zero-order chi connectivity index (χ0) is 63.6. The molecule has 3 saturated heterocycles. The van der Waals surface area contributed by atoms with Crippen molar-refractivity contribution in [2.45, 2.75) is 188 Å².